The van der Waals surface area contributed by atoms with Gasteiger partial charge in [0.1, 0.15) is 0 Å². The van der Waals surface area contributed by atoms with E-state index in [2.05, 4.69) is 10.2 Å². The quantitative estimate of drug-likeness (QED) is 0.730. The number of hydrogen-bond acceptors (Lipinski definition) is 3. The Morgan fingerprint density at radius 3 is 2.82 bits per heavy atom. The van der Waals surface area contributed by atoms with Crippen LogP contribution in [0.2, 0.25) is 0 Å². The van der Waals surface area contributed by atoms with Gasteiger partial charge in [-0.25, -0.2) is 0 Å². The SMILES string of the molecule is Nc1ccc2[n-]nc(C3CCOCC3)c2c1.[Ir]. The molecule has 1 aliphatic heterocycles. The van der Waals surface area contributed by atoms with Crippen LogP contribution in [0.25, 0.3) is 10.9 Å². The molecule has 1 aromatic heterocycles. The summed E-state index contributed by atoms with van der Waals surface area (Å²) in [6.07, 6.45) is 2.06. The van der Waals surface area contributed by atoms with Gasteiger partial charge in [0.2, 0.25) is 0 Å². The van der Waals surface area contributed by atoms with Gasteiger partial charge >= 0.3 is 0 Å². The maximum Gasteiger partial charge on any atom is 0.0472 e. The summed E-state index contributed by atoms with van der Waals surface area (Å²) in [6, 6.07) is 5.77. The summed E-state index contributed by atoms with van der Waals surface area (Å²) in [5, 5.41) is 9.59. The molecule has 1 fully saturated rings. The van der Waals surface area contributed by atoms with Crippen LogP contribution in [-0.2, 0) is 24.8 Å². The predicted octanol–water partition coefficient (Wildman–Crippen LogP) is 1.67. The van der Waals surface area contributed by atoms with Crippen molar-refractivity contribution in [1.82, 2.24) is 10.2 Å². The van der Waals surface area contributed by atoms with E-state index in [1.54, 1.807) is 0 Å². The molecular weight excluding hydrogens is 394 g/mol. The first-order chi connectivity index (χ1) is 7.84. The number of rotatable bonds is 1. The van der Waals surface area contributed by atoms with Crippen LogP contribution in [0.1, 0.15) is 24.5 Å². The van der Waals surface area contributed by atoms with E-state index in [9.17, 15) is 0 Å². The third kappa shape index (κ3) is 2.36. The molecule has 1 aliphatic rings. The summed E-state index contributed by atoms with van der Waals surface area (Å²) in [4.78, 5) is 0. The number of anilines is 1. The van der Waals surface area contributed by atoms with Crippen molar-refractivity contribution in [2.24, 2.45) is 0 Å². The number of nitrogens with two attached hydrogens (primary N) is 1. The van der Waals surface area contributed by atoms with Crippen LogP contribution < -0.4 is 10.8 Å². The summed E-state index contributed by atoms with van der Waals surface area (Å²) in [5.41, 5.74) is 8.60. The molecule has 2 N–H and O–H groups in total. The molecule has 3 rings (SSSR count). The first-order valence-corrected chi connectivity index (χ1v) is 5.61. The van der Waals surface area contributed by atoms with Crippen molar-refractivity contribution in [2.45, 2.75) is 18.8 Å². The second kappa shape index (κ2) is 5.17. The monoisotopic (exact) mass is 409 g/mol. The Morgan fingerprint density at radius 2 is 2.06 bits per heavy atom. The zero-order valence-corrected chi connectivity index (χ0v) is 11.7. The standard InChI is InChI=1S/C12H14N3O.Ir/c13-9-1-2-11-10(7-9)12(15-14-11)8-3-5-16-6-4-8;/h1-2,7-8H,3-6,13H2;/q-1;. The van der Waals surface area contributed by atoms with E-state index in [4.69, 9.17) is 10.5 Å². The van der Waals surface area contributed by atoms with Crippen molar-refractivity contribution >= 4 is 16.6 Å². The Hall–Kier alpha value is -0.901. The molecule has 17 heavy (non-hydrogen) atoms. The zero-order chi connectivity index (χ0) is 11.0. The normalized spacial score (nSPS) is 16.9. The van der Waals surface area contributed by atoms with Crippen molar-refractivity contribution in [3.8, 4) is 0 Å². The van der Waals surface area contributed by atoms with Gasteiger partial charge in [-0.1, -0.05) is 6.07 Å². The van der Waals surface area contributed by atoms with Crippen LogP contribution in [0, 0.1) is 0 Å². The number of hydrogen-bond donors (Lipinski definition) is 1. The van der Waals surface area contributed by atoms with Crippen LogP contribution >= 0.6 is 0 Å². The van der Waals surface area contributed by atoms with Crippen molar-refractivity contribution < 1.29 is 24.8 Å². The number of fused-ring (bicyclic) bond motifs is 1. The third-order valence-corrected chi connectivity index (χ3v) is 3.17. The topological polar surface area (TPSA) is 62.2 Å². The van der Waals surface area contributed by atoms with E-state index in [1.165, 1.54) is 0 Å². The largest absolute Gasteiger partial charge is 0.575 e. The maximum absolute atomic E-state index is 5.80. The number of aromatic nitrogens is 2. The molecule has 0 atom stereocenters. The smallest absolute Gasteiger partial charge is 0.0472 e. The molecule has 0 bridgehead atoms. The van der Waals surface area contributed by atoms with Gasteiger partial charge in [-0.3, -0.25) is 0 Å². The van der Waals surface area contributed by atoms with Gasteiger partial charge in [0.15, 0.2) is 0 Å². The van der Waals surface area contributed by atoms with Gasteiger partial charge < -0.3 is 20.7 Å². The summed E-state index contributed by atoms with van der Waals surface area (Å²) >= 11 is 0. The number of nitrogens with zero attached hydrogens (tertiary/aromatic N) is 2. The van der Waals surface area contributed by atoms with Gasteiger partial charge in [-0.15, -0.1) is 5.52 Å². The summed E-state index contributed by atoms with van der Waals surface area (Å²) in [7, 11) is 0. The summed E-state index contributed by atoms with van der Waals surface area (Å²) in [5.74, 6) is 0.473. The fourth-order valence-electron chi connectivity index (χ4n) is 2.28. The Labute approximate surface area is 113 Å². The van der Waals surface area contributed by atoms with Crippen molar-refractivity contribution in [1.29, 1.82) is 0 Å². The molecule has 1 radical (unpaired) electrons. The molecule has 1 aromatic carbocycles. The number of nitrogen functional groups attached to an aromatic ring is 1. The average Bonchev–Trinajstić information content (AvgIpc) is 2.73. The molecule has 4 nitrogen and oxygen atoms in total. The van der Waals surface area contributed by atoms with Crippen LogP contribution in [0.15, 0.2) is 18.2 Å². The Balaban J connectivity index is 0.00000108. The van der Waals surface area contributed by atoms with Gasteiger partial charge in [-0.05, 0) is 30.4 Å². The molecule has 0 aliphatic carbocycles. The predicted molar refractivity (Wildman–Crippen MR) is 62.3 cm³/mol. The summed E-state index contributed by atoms with van der Waals surface area (Å²) in [6.45, 7) is 1.64. The number of ether oxygens (including phenoxy) is 1. The third-order valence-electron chi connectivity index (χ3n) is 3.17. The molecule has 0 spiro atoms. The molecular formula is C12H14IrN3O-. The fourth-order valence-corrected chi connectivity index (χ4v) is 2.28. The molecule has 93 valence electrons. The van der Waals surface area contributed by atoms with Crippen molar-refractivity contribution in [2.75, 3.05) is 18.9 Å². The zero-order valence-electron chi connectivity index (χ0n) is 9.35. The molecule has 0 saturated carbocycles. The Morgan fingerprint density at radius 1 is 1.29 bits per heavy atom. The molecule has 0 unspecified atom stereocenters. The van der Waals surface area contributed by atoms with Gasteiger partial charge in [0.05, 0.1) is 0 Å². The van der Waals surface area contributed by atoms with Gasteiger partial charge in [0, 0.05) is 50.6 Å². The van der Waals surface area contributed by atoms with E-state index in [-0.39, 0.29) is 20.1 Å². The molecule has 0 amide bonds. The fraction of sp³-hybridized carbons (Fsp3) is 0.417. The van der Waals surface area contributed by atoms with E-state index < -0.39 is 0 Å². The first-order valence-electron chi connectivity index (χ1n) is 5.61. The van der Waals surface area contributed by atoms with E-state index in [0.717, 1.165) is 48.3 Å². The molecule has 2 aromatic rings. The Kier molecular flexibility index (Phi) is 3.82. The van der Waals surface area contributed by atoms with Gasteiger partial charge in [0.25, 0.3) is 0 Å². The Bertz CT molecular complexity index is 505. The van der Waals surface area contributed by atoms with E-state index >= 15 is 0 Å². The van der Waals surface area contributed by atoms with Crippen LogP contribution in [0.5, 0.6) is 0 Å². The minimum absolute atomic E-state index is 0. The van der Waals surface area contributed by atoms with Crippen molar-refractivity contribution in [3.63, 3.8) is 0 Å². The summed E-state index contributed by atoms with van der Waals surface area (Å²) < 4.78 is 5.36. The van der Waals surface area contributed by atoms with E-state index in [0.29, 0.717) is 5.92 Å². The second-order valence-corrected chi connectivity index (χ2v) is 4.25. The van der Waals surface area contributed by atoms with Crippen LogP contribution in [0.4, 0.5) is 5.69 Å². The molecule has 1 saturated heterocycles. The second-order valence-electron chi connectivity index (χ2n) is 4.25. The first kappa shape index (κ1) is 12.6. The minimum atomic E-state index is 0. The maximum atomic E-state index is 5.80. The van der Waals surface area contributed by atoms with E-state index in [1.807, 2.05) is 18.2 Å². The van der Waals surface area contributed by atoms with Crippen molar-refractivity contribution in [3.05, 3.63) is 23.9 Å². The molecule has 2 heterocycles. The minimum Gasteiger partial charge on any atom is -0.575 e. The molecule has 5 heteroatoms. The average molecular weight is 408 g/mol. The number of benzene rings is 1. The van der Waals surface area contributed by atoms with Crippen LogP contribution in [-0.4, -0.2) is 18.3 Å². The van der Waals surface area contributed by atoms with Gasteiger partial charge in [-0.2, -0.15) is 0 Å². The van der Waals surface area contributed by atoms with Crippen LogP contribution in [0.3, 0.4) is 0 Å².